The van der Waals surface area contributed by atoms with Gasteiger partial charge in [0.15, 0.2) is 0 Å². The highest BCUT2D eigenvalue weighted by Crippen LogP contribution is 2.28. The molecule has 1 heterocycles. The van der Waals surface area contributed by atoms with Crippen molar-refractivity contribution in [2.24, 2.45) is 5.92 Å². The fraction of sp³-hybridized carbons (Fsp3) is 0.588. The smallest absolute Gasteiger partial charge is 0.259 e. The first kappa shape index (κ1) is 17.4. The van der Waals surface area contributed by atoms with Gasteiger partial charge in [0.05, 0.1) is 0 Å². The van der Waals surface area contributed by atoms with Crippen molar-refractivity contribution >= 4 is 22.9 Å². The molecule has 2 N–H and O–H groups in total. The minimum Gasteiger partial charge on any atom is -0.333 e. The molecule has 0 bridgehead atoms. The molecular formula is C17H25N3O3S. The Hall–Kier alpha value is -1.44. The third kappa shape index (κ3) is 4.15. The van der Waals surface area contributed by atoms with E-state index in [0.29, 0.717) is 11.3 Å². The van der Waals surface area contributed by atoms with E-state index in [-0.39, 0.29) is 11.9 Å². The van der Waals surface area contributed by atoms with Crippen LogP contribution in [0.1, 0.15) is 36.5 Å². The lowest BCUT2D eigenvalue weighted by Gasteiger charge is -2.42. The molecular weight excluding hydrogens is 326 g/mol. The number of carbonyl (C=O) groups is 1. The van der Waals surface area contributed by atoms with E-state index in [1.807, 2.05) is 4.90 Å². The molecule has 1 saturated heterocycles. The van der Waals surface area contributed by atoms with Gasteiger partial charge in [-0.05, 0) is 49.9 Å². The summed E-state index contributed by atoms with van der Waals surface area (Å²) in [6, 6.07) is 6.90. The third-order valence-electron chi connectivity index (χ3n) is 5.05. The van der Waals surface area contributed by atoms with Gasteiger partial charge in [-0.15, -0.1) is 0 Å². The van der Waals surface area contributed by atoms with E-state index in [2.05, 4.69) is 16.5 Å². The molecule has 1 aliphatic carbocycles. The van der Waals surface area contributed by atoms with E-state index >= 15 is 0 Å². The molecule has 2 atom stereocenters. The molecule has 132 valence electrons. The van der Waals surface area contributed by atoms with Crippen molar-refractivity contribution in [3.05, 3.63) is 29.8 Å². The minimum absolute atomic E-state index is 0.0301. The number of amides is 1. The van der Waals surface area contributed by atoms with Crippen LogP contribution < -0.4 is 4.72 Å². The van der Waals surface area contributed by atoms with Crippen molar-refractivity contribution in [3.63, 3.8) is 0 Å². The van der Waals surface area contributed by atoms with Crippen LogP contribution in [0.15, 0.2) is 24.3 Å². The van der Waals surface area contributed by atoms with Crippen molar-refractivity contribution < 1.29 is 13.6 Å². The molecule has 3 rings (SSSR count). The Bertz CT molecular complexity index is 604. The second-order valence-corrected chi connectivity index (χ2v) is 7.54. The number of rotatable bonds is 5. The van der Waals surface area contributed by atoms with Gasteiger partial charge >= 0.3 is 0 Å². The highest BCUT2D eigenvalue weighted by molar-refractivity contribution is 7.80. The Balaban J connectivity index is 1.57. The summed E-state index contributed by atoms with van der Waals surface area (Å²) in [6.45, 7) is 5.91. The number of nitrogens with one attached hydrogen (secondary N) is 1. The summed E-state index contributed by atoms with van der Waals surface area (Å²) in [5.74, 6) is 0.888. The Labute approximate surface area is 145 Å². The molecule has 0 radical (unpaired) electrons. The first-order valence-corrected chi connectivity index (χ1v) is 9.64. The lowest BCUT2D eigenvalue weighted by Crippen LogP contribution is -2.55. The van der Waals surface area contributed by atoms with Crippen molar-refractivity contribution in [2.45, 2.75) is 32.2 Å². The van der Waals surface area contributed by atoms with Crippen LogP contribution in [0, 0.1) is 5.92 Å². The molecule has 2 aliphatic rings. The summed E-state index contributed by atoms with van der Waals surface area (Å²) in [5.41, 5.74) is 1.13. The summed E-state index contributed by atoms with van der Waals surface area (Å²) in [4.78, 5) is 17.1. The van der Waals surface area contributed by atoms with E-state index in [1.165, 1.54) is 25.8 Å². The van der Waals surface area contributed by atoms with Gasteiger partial charge in [-0.3, -0.25) is 19.0 Å². The molecule has 0 aromatic heterocycles. The maximum atomic E-state index is 12.7. The number of hydrogen-bond donors (Lipinski definition) is 2. The summed E-state index contributed by atoms with van der Waals surface area (Å²) in [5, 5.41) is 0. The van der Waals surface area contributed by atoms with Crippen molar-refractivity contribution in [1.82, 2.24) is 9.80 Å². The number of hydrogen-bond acceptors (Lipinski definition) is 3. The van der Waals surface area contributed by atoms with Gasteiger partial charge in [0, 0.05) is 43.5 Å². The predicted molar refractivity (Wildman–Crippen MR) is 95.1 cm³/mol. The van der Waals surface area contributed by atoms with Crippen molar-refractivity contribution in [1.29, 1.82) is 0 Å². The molecule has 0 spiro atoms. The number of nitrogens with zero attached hydrogens (tertiary/aromatic N) is 2. The molecule has 1 aromatic carbocycles. The second kappa shape index (κ2) is 7.63. The largest absolute Gasteiger partial charge is 0.333 e. The molecule has 1 unspecified atom stereocenters. The number of piperazine rings is 1. The highest BCUT2D eigenvalue weighted by atomic mass is 32.2. The Morgan fingerprint density at radius 3 is 2.54 bits per heavy atom. The van der Waals surface area contributed by atoms with Crippen LogP contribution in [0.3, 0.4) is 0 Å². The fourth-order valence-corrected chi connectivity index (χ4v) is 3.83. The number of carbonyl (C=O) groups excluding carboxylic acids is 1. The highest BCUT2D eigenvalue weighted by Gasteiger charge is 2.30. The van der Waals surface area contributed by atoms with E-state index in [4.69, 9.17) is 4.55 Å². The SMILES string of the molecule is C[C@@H]1CN(CC2CCC2)CCN1C(=O)c1ccc(NS(=O)O)cc1. The van der Waals surface area contributed by atoms with Crippen LogP contribution in [0.2, 0.25) is 0 Å². The van der Waals surface area contributed by atoms with Gasteiger partial charge in [0.2, 0.25) is 0 Å². The van der Waals surface area contributed by atoms with Gasteiger partial charge in [-0.2, -0.15) is 0 Å². The molecule has 1 amide bonds. The summed E-state index contributed by atoms with van der Waals surface area (Å²) in [6.07, 6.45) is 4.08. The lowest BCUT2D eigenvalue weighted by atomic mass is 9.85. The topological polar surface area (TPSA) is 72.9 Å². The first-order chi connectivity index (χ1) is 11.5. The molecule has 24 heavy (non-hydrogen) atoms. The van der Waals surface area contributed by atoms with Gasteiger partial charge in [0.25, 0.3) is 17.2 Å². The van der Waals surface area contributed by atoms with Crippen LogP contribution in [-0.2, 0) is 11.3 Å². The third-order valence-corrected chi connectivity index (χ3v) is 5.46. The number of benzene rings is 1. The first-order valence-electron chi connectivity index (χ1n) is 8.54. The average Bonchev–Trinajstić information content (AvgIpc) is 2.51. The second-order valence-electron chi connectivity index (χ2n) is 6.83. The average molecular weight is 351 g/mol. The standard InChI is InChI=1S/C17H25N3O3S/c1-13-11-19(12-14-3-2-4-14)9-10-20(13)17(21)15-5-7-16(8-6-15)18-24(22)23/h5-8,13-14,18H,2-4,9-12H2,1H3,(H,22,23)/t13-/m1/s1. The molecule has 6 nitrogen and oxygen atoms in total. The molecule has 2 fully saturated rings. The van der Waals surface area contributed by atoms with Crippen LogP contribution in [0.5, 0.6) is 0 Å². The van der Waals surface area contributed by atoms with E-state index in [1.54, 1.807) is 24.3 Å². The monoisotopic (exact) mass is 351 g/mol. The summed E-state index contributed by atoms with van der Waals surface area (Å²) >= 11 is -2.10. The van der Waals surface area contributed by atoms with E-state index in [9.17, 15) is 9.00 Å². The predicted octanol–water partition coefficient (Wildman–Crippen LogP) is 2.18. The van der Waals surface area contributed by atoms with Crippen LogP contribution >= 0.6 is 0 Å². The molecule has 1 saturated carbocycles. The van der Waals surface area contributed by atoms with Gasteiger partial charge in [0.1, 0.15) is 0 Å². The Kier molecular flexibility index (Phi) is 5.53. The van der Waals surface area contributed by atoms with Crippen LogP contribution in [-0.4, -0.2) is 56.7 Å². The minimum atomic E-state index is -2.10. The van der Waals surface area contributed by atoms with Crippen molar-refractivity contribution in [2.75, 3.05) is 30.9 Å². The lowest BCUT2D eigenvalue weighted by molar-refractivity contribution is 0.0424. The maximum Gasteiger partial charge on any atom is 0.259 e. The summed E-state index contributed by atoms with van der Waals surface area (Å²) < 4.78 is 21.9. The molecule has 1 aliphatic heterocycles. The summed E-state index contributed by atoms with van der Waals surface area (Å²) in [7, 11) is 0. The van der Waals surface area contributed by atoms with E-state index < -0.39 is 11.3 Å². The normalized spacial score (nSPS) is 23.6. The Morgan fingerprint density at radius 2 is 2.00 bits per heavy atom. The Morgan fingerprint density at radius 1 is 1.29 bits per heavy atom. The van der Waals surface area contributed by atoms with Crippen LogP contribution in [0.4, 0.5) is 5.69 Å². The van der Waals surface area contributed by atoms with Crippen LogP contribution in [0.25, 0.3) is 0 Å². The molecule has 1 aromatic rings. The van der Waals surface area contributed by atoms with Gasteiger partial charge in [-0.25, -0.2) is 4.21 Å². The molecule has 7 heteroatoms. The van der Waals surface area contributed by atoms with Crippen molar-refractivity contribution in [3.8, 4) is 0 Å². The van der Waals surface area contributed by atoms with Gasteiger partial charge in [-0.1, -0.05) is 6.42 Å². The van der Waals surface area contributed by atoms with E-state index in [0.717, 1.165) is 25.6 Å². The zero-order valence-corrected chi connectivity index (χ0v) is 14.8. The zero-order valence-electron chi connectivity index (χ0n) is 14.0. The maximum absolute atomic E-state index is 12.7. The quantitative estimate of drug-likeness (QED) is 0.798. The number of anilines is 1. The zero-order chi connectivity index (χ0) is 17.1. The van der Waals surface area contributed by atoms with Gasteiger partial charge < -0.3 is 4.90 Å². The fourth-order valence-electron chi connectivity index (χ4n) is 3.49.